The van der Waals surface area contributed by atoms with Crippen LogP contribution in [0.25, 0.3) is 0 Å². The Morgan fingerprint density at radius 1 is 1.10 bits per heavy atom. The summed E-state index contributed by atoms with van der Waals surface area (Å²) in [4.78, 5) is 24.4. The van der Waals surface area contributed by atoms with Crippen molar-refractivity contribution in [2.24, 2.45) is 0 Å². The average Bonchev–Trinajstić information content (AvgIpc) is 2.49. The molecule has 0 bridgehead atoms. The molecule has 2 aromatic rings. The van der Waals surface area contributed by atoms with Crippen LogP contribution in [0.5, 0.6) is 0 Å². The summed E-state index contributed by atoms with van der Waals surface area (Å²) in [5.41, 5.74) is -0.0502. The van der Waals surface area contributed by atoms with Gasteiger partial charge in [-0.3, -0.25) is 4.90 Å². The molecular formula is C15H13FN2O3. The van der Waals surface area contributed by atoms with Crippen LogP contribution in [0.1, 0.15) is 10.4 Å². The highest BCUT2D eigenvalue weighted by molar-refractivity contribution is 6.05. The summed E-state index contributed by atoms with van der Waals surface area (Å²) < 4.78 is 13.7. The van der Waals surface area contributed by atoms with Crippen LogP contribution in [-0.2, 0) is 0 Å². The lowest BCUT2D eigenvalue weighted by molar-refractivity contribution is 0.0697. The number of carboxylic acid groups (broad SMARTS) is 1. The molecule has 2 amide bonds. The molecule has 0 aliphatic heterocycles. The van der Waals surface area contributed by atoms with Crippen molar-refractivity contribution in [3.05, 3.63) is 59.9 Å². The highest BCUT2D eigenvalue weighted by atomic mass is 19.1. The first-order valence-corrected chi connectivity index (χ1v) is 6.12. The van der Waals surface area contributed by atoms with E-state index < -0.39 is 17.8 Å². The van der Waals surface area contributed by atoms with Crippen molar-refractivity contribution < 1.29 is 19.1 Å². The van der Waals surface area contributed by atoms with Gasteiger partial charge in [-0.05, 0) is 24.3 Å². The highest BCUT2D eigenvalue weighted by Crippen LogP contribution is 2.21. The minimum Gasteiger partial charge on any atom is -0.478 e. The van der Waals surface area contributed by atoms with E-state index in [1.54, 1.807) is 30.3 Å². The first kappa shape index (κ1) is 14.5. The number of rotatable bonds is 3. The van der Waals surface area contributed by atoms with Crippen LogP contribution >= 0.6 is 0 Å². The number of carbonyl (C=O) groups is 2. The molecule has 0 radical (unpaired) electrons. The number of benzene rings is 2. The van der Waals surface area contributed by atoms with Crippen molar-refractivity contribution >= 4 is 23.4 Å². The predicted octanol–water partition coefficient (Wildman–Crippen LogP) is 3.19. The minimum atomic E-state index is -1.31. The van der Waals surface area contributed by atoms with Crippen LogP contribution in [0.3, 0.4) is 0 Å². The van der Waals surface area contributed by atoms with Gasteiger partial charge in [0, 0.05) is 12.7 Å². The van der Waals surface area contributed by atoms with Gasteiger partial charge in [0.2, 0.25) is 0 Å². The monoisotopic (exact) mass is 288 g/mol. The summed E-state index contributed by atoms with van der Waals surface area (Å²) in [6, 6.07) is 11.7. The topological polar surface area (TPSA) is 69.6 Å². The number of carboxylic acids is 1. The van der Waals surface area contributed by atoms with Gasteiger partial charge in [0.1, 0.15) is 5.82 Å². The van der Waals surface area contributed by atoms with E-state index in [0.29, 0.717) is 5.69 Å². The van der Waals surface area contributed by atoms with Gasteiger partial charge in [-0.25, -0.2) is 14.0 Å². The summed E-state index contributed by atoms with van der Waals surface area (Å²) in [6.07, 6.45) is 0. The van der Waals surface area contributed by atoms with Crippen molar-refractivity contribution in [1.29, 1.82) is 0 Å². The molecule has 0 spiro atoms. The summed E-state index contributed by atoms with van der Waals surface area (Å²) in [5, 5.41) is 11.3. The van der Waals surface area contributed by atoms with Crippen molar-refractivity contribution in [3.8, 4) is 0 Å². The van der Waals surface area contributed by atoms with Gasteiger partial charge >= 0.3 is 12.0 Å². The fourth-order valence-corrected chi connectivity index (χ4v) is 1.79. The fraction of sp³-hybridized carbons (Fsp3) is 0.0667. The number of amides is 2. The van der Waals surface area contributed by atoms with Gasteiger partial charge in [-0.15, -0.1) is 0 Å². The van der Waals surface area contributed by atoms with E-state index in [4.69, 9.17) is 5.11 Å². The minimum absolute atomic E-state index is 0.301. The first-order chi connectivity index (χ1) is 10.0. The summed E-state index contributed by atoms with van der Waals surface area (Å²) >= 11 is 0. The second-order valence-corrected chi connectivity index (χ2v) is 4.29. The third kappa shape index (κ3) is 3.17. The standard InChI is InChI=1S/C15H13FN2O3/c1-18(10-6-3-2-4-7-10)15(21)17-13-11(14(19)20)8-5-9-12(13)16/h2-9H,1H3,(H,17,21)(H,19,20). The lowest BCUT2D eigenvalue weighted by atomic mass is 10.1. The molecule has 6 heteroatoms. The van der Waals surface area contributed by atoms with E-state index in [-0.39, 0.29) is 11.3 Å². The quantitative estimate of drug-likeness (QED) is 0.911. The largest absolute Gasteiger partial charge is 0.478 e. The second-order valence-electron chi connectivity index (χ2n) is 4.29. The number of hydrogen-bond acceptors (Lipinski definition) is 2. The van der Waals surface area contributed by atoms with E-state index in [9.17, 15) is 14.0 Å². The number of para-hydroxylation sites is 2. The molecule has 0 aliphatic carbocycles. The Bertz CT molecular complexity index is 674. The van der Waals surface area contributed by atoms with Crippen LogP contribution in [0.4, 0.5) is 20.6 Å². The lowest BCUT2D eigenvalue weighted by Gasteiger charge is -2.19. The molecule has 2 rings (SSSR count). The molecule has 0 unspecified atom stereocenters. The Morgan fingerprint density at radius 2 is 1.76 bits per heavy atom. The van der Waals surface area contributed by atoms with E-state index in [1.807, 2.05) is 0 Å². The molecule has 108 valence electrons. The summed E-state index contributed by atoms with van der Waals surface area (Å²) in [6.45, 7) is 0. The maximum absolute atomic E-state index is 13.7. The molecule has 2 N–H and O–H groups in total. The molecule has 0 saturated heterocycles. The second kappa shape index (κ2) is 6.04. The van der Waals surface area contributed by atoms with E-state index >= 15 is 0 Å². The Labute approximate surface area is 120 Å². The van der Waals surface area contributed by atoms with Crippen molar-refractivity contribution in [2.45, 2.75) is 0 Å². The summed E-state index contributed by atoms with van der Waals surface area (Å²) in [7, 11) is 1.51. The number of hydrogen-bond donors (Lipinski definition) is 2. The van der Waals surface area contributed by atoms with E-state index in [1.165, 1.54) is 24.1 Å². The number of nitrogens with one attached hydrogen (secondary N) is 1. The third-order valence-corrected chi connectivity index (χ3v) is 2.92. The van der Waals surface area contributed by atoms with Crippen LogP contribution < -0.4 is 10.2 Å². The zero-order valence-corrected chi connectivity index (χ0v) is 11.2. The number of anilines is 2. The van der Waals surface area contributed by atoms with Crippen molar-refractivity contribution in [2.75, 3.05) is 17.3 Å². The first-order valence-electron chi connectivity index (χ1n) is 6.12. The molecule has 21 heavy (non-hydrogen) atoms. The van der Waals surface area contributed by atoms with Crippen LogP contribution in [-0.4, -0.2) is 24.2 Å². The molecule has 0 saturated carbocycles. The van der Waals surface area contributed by atoms with Gasteiger partial charge in [0.25, 0.3) is 0 Å². The molecule has 5 nitrogen and oxygen atoms in total. The number of halogens is 1. The Balaban J connectivity index is 2.26. The van der Waals surface area contributed by atoms with Gasteiger partial charge in [0.05, 0.1) is 11.3 Å². The molecule has 0 heterocycles. The van der Waals surface area contributed by atoms with Gasteiger partial charge in [0.15, 0.2) is 0 Å². The normalized spacial score (nSPS) is 10.0. The molecule has 0 aliphatic rings. The van der Waals surface area contributed by atoms with Crippen molar-refractivity contribution in [1.82, 2.24) is 0 Å². The van der Waals surface area contributed by atoms with Gasteiger partial charge in [-0.2, -0.15) is 0 Å². The zero-order valence-electron chi connectivity index (χ0n) is 11.2. The molecular weight excluding hydrogens is 275 g/mol. The smallest absolute Gasteiger partial charge is 0.337 e. The number of urea groups is 1. The van der Waals surface area contributed by atoms with E-state index in [2.05, 4.69) is 5.32 Å². The zero-order chi connectivity index (χ0) is 15.4. The highest BCUT2D eigenvalue weighted by Gasteiger charge is 2.18. The SMILES string of the molecule is CN(C(=O)Nc1c(F)cccc1C(=O)O)c1ccccc1. The van der Waals surface area contributed by atoms with E-state index in [0.717, 1.165) is 6.07 Å². The summed E-state index contributed by atoms with van der Waals surface area (Å²) in [5.74, 6) is -2.11. The average molecular weight is 288 g/mol. The van der Waals surface area contributed by atoms with Crippen LogP contribution in [0.2, 0.25) is 0 Å². The number of nitrogens with zero attached hydrogens (tertiary/aromatic N) is 1. The molecule has 0 fully saturated rings. The fourth-order valence-electron chi connectivity index (χ4n) is 1.79. The maximum atomic E-state index is 13.7. The predicted molar refractivity (Wildman–Crippen MR) is 77.2 cm³/mol. The van der Waals surface area contributed by atoms with Crippen molar-refractivity contribution in [3.63, 3.8) is 0 Å². The Hall–Kier alpha value is -2.89. The number of carbonyl (C=O) groups excluding carboxylic acids is 1. The van der Waals surface area contributed by atoms with Crippen LogP contribution in [0.15, 0.2) is 48.5 Å². The molecule has 2 aromatic carbocycles. The lowest BCUT2D eigenvalue weighted by Crippen LogP contribution is -2.32. The Morgan fingerprint density at radius 3 is 2.38 bits per heavy atom. The number of aromatic carboxylic acids is 1. The third-order valence-electron chi connectivity index (χ3n) is 2.92. The molecule has 0 aromatic heterocycles. The Kier molecular flexibility index (Phi) is 4.18. The maximum Gasteiger partial charge on any atom is 0.337 e. The van der Waals surface area contributed by atoms with Gasteiger partial charge in [-0.1, -0.05) is 24.3 Å². The molecule has 0 atom stereocenters. The van der Waals surface area contributed by atoms with Crippen LogP contribution in [0, 0.1) is 5.82 Å². The van der Waals surface area contributed by atoms with Gasteiger partial charge < -0.3 is 10.4 Å².